The van der Waals surface area contributed by atoms with Crippen LogP contribution in [0.25, 0.3) is 0 Å². The number of fused-ring (bicyclic) bond motifs is 2. The van der Waals surface area contributed by atoms with Gasteiger partial charge in [-0.1, -0.05) is 35.9 Å². The van der Waals surface area contributed by atoms with Crippen LogP contribution in [0.4, 0.5) is 20.6 Å². The Hall–Kier alpha value is -2.66. The molecule has 2 aliphatic heterocycles. The monoisotopic (exact) mass is 379 g/mol. The summed E-state index contributed by atoms with van der Waals surface area (Å²) >= 11 is 0. The molecule has 0 unspecified atom stereocenters. The maximum absolute atomic E-state index is 14.0. The van der Waals surface area contributed by atoms with Gasteiger partial charge < -0.3 is 5.32 Å². The van der Waals surface area contributed by atoms with E-state index in [2.05, 4.69) is 29.8 Å². The smallest absolute Gasteiger partial charge is 0.305 e. The van der Waals surface area contributed by atoms with Crippen LogP contribution in [0.3, 0.4) is 0 Å². The Bertz CT molecular complexity index is 902. The highest BCUT2D eigenvalue weighted by atomic mass is 19.1. The van der Waals surface area contributed by atoms with Gasteiger partial charge in [0.05, 0.1) is 5.69 Å². The molecule has 0 aromatic heterocycles. The number of hydrogen-bond acceptors (Lipinski definition) is 2. The van der Waals surface area contributed by atoms with Crippen LogP contribution in [0.15, 0.2) is 55.1 Å². The fraction of sp³-hybridized carbons (Fsp3) is 0.348. The number of likely N-dealkylation sites (tertiary alicyclic amines) is 1. The summed E-state index contributed by atoms with van der Waals surface area (Å²) in [4.78, 5) is 17.2. The quantitative estimate of drug-likeness (QED) is 0.784. The number of benzene rings is 2. The Morgan fingerprint density at radius 1 is 1.25 bits per heavy atom. The molecule has 1 N–H and O–H groups in total. The Balaban J connectivity index is 1.61. The number of nitrogens with one attached hydrogen (secondary N) is 1. The molecular weight excluding hydrogens is 353 g/mol. The van der Waals surface area contributed by atoms with Crippen molar-refractivity contribution in [1.29, 1.82) is 0 Å². The van der Waals surface area contributed by atoms with Crippen LogP contribution in [0.5, 0.6) is 0 Å². The number of amides is 2. The second kappa shape index (κ2) is 7.40. The molecule has 4 nitrogen and oxygen atoms in total. The number of urea groups is 1. The highest BCUT2D eigenvalue weighted by molar-refractivity contribution is 6.03. The van der Waals surface area contributed by atoms with Crippen molar-refractivity contribution < 1.29 is 9.18 Å². The second-order valence-electron chi connectivity index (χ2n) is 7.89. The van der Waals surface area contributed by atoms with Gasteiger partial charge in [-0.3, -0.25) is 9.80 Å². The van der Waals surface area contributed by atoms with Gasteiger partial charge in [0.25, 0.3) is 0 Å². The Morgan fingerprint density at radius 2 is 2.00 bits per heavy atom. The lowest BCUT2D eigenvalue weighted by Gasteiger charge is -2.39. The number of carbonyl (C=O) groups is 1. The normalized spacial score (nSPS) is 18.1. The van der Waals surface area contributed by atoms with Gasteiger partial charge in [0.2, 0.25) is 0 Å². The topological polar surface area (TPSA) is 35.6 Å². The molecule has 5 heteroatoms. The van der Waals surface area contributed by atoms with E-state index in [-0.39, 0.29) is 17.1 Å². The number of para-hydroxylation sites is 1. The molecule has 28 heavy (non-hydrogen) atoms. The van der Waals surface area contributed by atoms with Crippen molar-refractivity contribution in [3.8, 4) is 0 Å². The van der Waals surface area contributed by atoms with E-state index < -0.39 is 5.82 Å². The molecular formula is C23H26FN3O. The molecule has 0 atom stereocenters. The molecule has 1 spiro atoms. The summed E-state index contributed by atoms with van der Waals surface area (Å²) in [5, 5.41) is 2.75. The first kappa shape index (κ1) is 18.7. The van der Waals surface area contributed by atoms with Crippen molar-refractivity contribution in [2.24, 2.45) is 0 Å². The van der Waals surface area contributed by atoms with Crippen LogP contribution in [0, 0.1) is 12.7 Å². The van der Waals surface area contributed by atoms with Crippen LogP contribution in [-0.2, 0) is 5.41 Å². The first-order valence-corrected chi connectivity index (χ1v) is 9.80. The van der Waals surface area contributed by atoms with E-state index in [1.807, 2.05) is 18.2 Å². The summed E-state index contributed by atoms with van der Waals surface area (Å²) in [6.07, 6.45) is 3.94. The minimum atomic E-state index is -0.424. The summed E-state index contributed by atoms with van der Waals surface area (Å²) in [6, 6.07) is 12.3. The van der Waals surface area contributed by atoms with E-state index in [0.29, 0.717) is 6.54 Å². The molecule has 1 fully saturated rings. The summed E-state index contributed by atoms with van der Waals surface area (Å²) in [5.74, 6) is -0.424. The zero-order valence-corrected chi connectivity index (χ0v) is 16.2. The molecule has 2 aromatic carbocycles. The van der Waals surface area contributed by atoms with E-state index in [4.69, 9.17) is 0 Å². The van der Waals surface area contributed by atoms with E-state index in [9.17, 15) is 9.18 Å². The van der Waals surface area contributed by atoms with Crippen molar-refractivity contribution in [3.63, 3.8) is 0 Å². The number of carbonyl (C=O) groups excluding carboxylic acids is 1. The summed E-state index contributed by atoms with van der Waals surface area (Å²) in [7, 11) is 0. The molecule has 0 radical (unpaired) electrons. The molecule has 4 rings (SSSR count). The standard InChI is InChI=1S/C23H26FN3O/c1-3-12-26-13-10-23(11-14-26)16-27(21-9-8-17(2)15-18(21)23)22(28)25-20-7-5-4-6-19(20)24/h3-9,15H,1,10-14,16H2,2H3,(H,25,28). The second-order valence-corrected chi connectivity index (χ2v) is 7.89. The van der Waals surface area contributed by atoms with Crippen molar-refractivity contribution in [2.75, 3.05) is 36.4 Å². The van der Waals surface area contributed by atoms with Gasteiger partial charge >= 0.3 is 6.03 Å². The van der Waals surface area contributed by atoms with Gasteiger partial charge in [0.1, 0.15) is 5.82 Å². The number of piperidine rings is 1. The summed E-state index contributed by atoms with van der Waals surface area (Å²) < 4.78 is 14.0. The van der Waals surface area contributed by atoms with Gasteiger partial charge in [0, 0.05) is 24.2 Å². The van der Waals surface area contributed by atoms with Crippen molar-refractivity contribution >= 4 is 17.4 Å². The van der Waals surface area contributed by atoms with Crippen molar-refractivity contribution in [3.05, 3.63) is 72.1 Å². The highest BCUT2D eigenvalue weighted by Gasteiger charge is 2.46. The maximum atomic E-state index is 14.0. The molecule has 0 bridgehead atoms. The average Bonchev–Trinajstić information content (AvgIpc) is 2.99. The maximum Gasteiger partial charge on any atom is 0.326 e. The highest BCUT2D eigenvalue weighted by Crippen LogP contribution is 2.47. The number of hydrogen-bond donors (Lipinski definition) is 1. The third kappa shape index (κ3) is 3.31. The minimum Gasteiger partial charge on any atom is -0.305 e. The fourth-order valence-electron chi connectivity index (χ4n) is 4.48. The first-order chi connectivity index (χ1) is 13.5. The van der Waals surface area contributed by atoms with Crippen molar-refractivity contribution in [2.45, 2.75) is 25.2 Å². The zero-order valence-electron chi connectivity index (χ0n) is 16.2. The minimum absolute atomic E-state index is 0.0361. The summed E-state index contributed by atoms with van der Waals surface area (Å²) in [6.45, 7) is 9.43. The average molecular weight is 379 g/mol. The number of rotatable bonds is 3. The van der Waals surface area contributed by atoms with Gasteiger partial charge in [-0.2, -0.15) is 0 Å². The molecule has 2 aliphatic rings. The van der Waals surface area contributed by atoms with E-state index in [1.54, 1.807) is 23.1 Å². The molecule has 0 aliphatic carbocycles. The van der Waals surface area contributed by atoms with Gasteiger partial charge in [-0.25, -0.2) is 9.18 Å². The number of aryl methyl sites for hydroxylation is 1. The molecule has 1 saturated heterocycles. The lowest BCUT2D eigenvalue weighted by Crippen LogP contribution is -2.46. The Labute approximate surface area is 165 Å². The third-order valence-corrected chi connectivity index (χ3v) is 6.04. The number of nitrogens with zero attached hydrogens (tertiary/aromatic N) is 2. The third-order valence-electron chi connectivity index (χ3n) is 6.04. The largest absolute Gasteiger partial charge is 0.326 e. The fourth-order valence-corrected chi connectivity index (χ4v) is 4.48. The molecule has 2 heterocycles. The zero-order chi connectivity index (χ0) is 19.7. The SMILES string of the molecule is C=CCN1CCC2(CC1)CN(C(=O)Nc1ccccc1F)c1ccc(C)cc12. The van der Waals surface area contributed by atoms with Crippen LogP contribution < -0.4 is 10.2 Å². The molecule has 146 valence electrons. The van der Waals surface area contributed by atoms with Gasteiger partial charge in [-0.15, -0.1) is 6.58 Å². The molecule has 2 amide bonds. The molecule has 2 aromatic rings. The van der Waals surface area contributed by atoms with Crippen molar-refractivity contribution in [1.82, 2.24) is 4.90 Å². The number of anilines is 2. The predicted octanol–water partition coefficient (Wildman–Crippen LogP) is 4.71. The Kier molecular flexibility index (Phi) is 4.94. The van der Waals surface area contributed by atoms with E-state index >= 15 is 0 Å². The lowest BCUT2D eigenvalue weighted by molar-refractivity contribution is 0.180. The van der Waals surface area contributed by atoms with E-state index in [0.717, 1.165) is 38.2 Å². The molecule has 0 saturated carbocycles. The summed E-state index contributed by atoms with van der Waals surface area (Å²) in [5.41, 5.74) is 3.56. The van der Waals surface area contributed by atoms with Gasteiger partial charge in [-0.05, 0) is 56.6 Å². The van der Waals surface area contributed by atoms with Crippen LogP contribution in [0.1, 0.15) is 24.0 Å². The van der Waals surface area contributed by atoms with Gasteiger partial charge in [0.15, 0.2) is 0 Å². The van der Waals surface area contributed by atoms with E-state index in [1.165, 1.54) is 17.2 Å². The number of halogens is 1. The lowest BCUT2D eigenvalue weighted by atomic mass is 9.74. The van der Waals surface area contributed by atoms with Crippen LogP contribution in [0.2, 0.25) is 0 Å². The van der Waals surface area contributed by atoms with Crippen LogP contribution in [-0.4, -0.2) is 37.1 Å². The first-order valence-electron chi connectivity index (χ1n) is 9.80. The predicted molar refractivity (Wildman–Crippen MR) is 111 cm³/mol. The Morgan fingerprint density at radius 3 is 2.71 bits per heavy atom. The van der Waals surface area contributed by atoms with Crippen LogP contribution >= 0.6 is 0 Å².